The summed E-state index contributed by atoms with van der Waals surface area (Å²) in [5.41, 5.74) is 2.71. The molecule has 2 amide bonds. The number of hydrogen-bond donors (Lipinski definition) is 0. The minimum atomic E-state index is -0.242. The lowest BCUT2D eigenvalue weighted by Crippen LogP contribution is -2.31. The second-order valence-corrected chi connectivity index (χ2v) is 5.64. The number of hydrogen-bond acceptors (Lipinski definition) is 4. The molecule has 122 valence electrons. The largest absolute Gasteiger partial charge is 0.391 e. The third kappa shape index (κ3) is 3.35. The predicted molar refractivity (Wildman–Crippen MR) is 90.8 cm³/mol. The van der Waals surface area contributed by atoms with Gasteiger partial charge in [-0.05, 0) is 24.6 Å². The van der Waals surface area contributed by atoms with Crippen molar-refractivity contribution in [1.82, 2.24) is 4.90 Å². The maximum Gasteiger partial charge on any atom is 0.261 e. The molecule has 0 N–H and O–H groups in total. The van der Waals surface area contributed by atoms with Crippen LogP contribution in [-0.2, 0) is 11.4 Å². The van der Waals surface area contributed by atoms with E-state index < -0.39 is 0 Å². The smallest absolute Gasteiger partial charge is 0.261 e. The minimum Gasteiger partial charge on any atom is -0.391 e. The summed E-state index contributed by atoms with van der Waals surface area (Å²) in [6, 6.07) is 16.6. The molecule has 5 nitrogen and oxygen atoms in total. The maximum absolute atomic E-state index is 12.3. The van der Waals surface area contributed by atoms with Crippen LogP contribution in [0.15, 0.2) is 59.8 Å². The van der Waals surface area contributed by atoms with Crippen molar-refractivity contribution in [3.8, 4) is 0 Å². The molecule has 1 aliphatic heterocycles. The SMILES string of the molecule is C/C(CCN1C(=O)c2ccccc2C1=O)=N\OCc1ccccc1. The Hall–Kier alpha value is -2.95. The molecule has 0 saturated carbocycles. The number of carbonyl (C=O) groups excluding carboxylic acids is 2. The Morgan fingerprint density at radius 2 is 1.54 bits per heavy atom. The molecule has 1 heterocycles. The molecule has 0 fully saturated rings. The van der Waals surface area contributed by atoms with Crippen molar-refractivity contribution in [2.24, 2.45) is 5.16 Å². The molecule has 0 radical (unpaired) electrons. The molecule has 0 spiro atoms. The summed E-state index contributed by atoms with van der Waals surface area (Å²) in [7, 11) is 0. The lowest BCUT2D eigenvalue weighted by molar-refractivity contribution is 0.0657. The summed E-state index contributed by atoms with van der Waals surface area (Å²) in [5, 5.41) is 4.05. The Morgan fingerprint density at radius 3 is 2.17 bits per heavy atom. The van der Waals surface area contributed by atoms with Gasteiger partial charge in [-0.3, -0.25) is 14.5 Å². The average molecular weight is 322 g/mol. The van der Waals surface area contributed by atoms with Gasteiger partial charge in [0, 0.05) is 13.0 Å². The van der Waals surface area contributed by atoms with Gasteiger partial charge in [-0.1, -0.05) is 47.6 Å². The van der Waals surface area contributed by atoms with Crippen LogP contribution in [-0.4, -0.2) is 29.0 Å². The molecule has 0 aromatic heterocycles. The summed E-state index contributed by atoms with van der Waals surface area (Å²) < 4.78 is 0. The van der Waals surface area contributed by atoms with E-state index in [-0.39, 0.29) is 11.8 Å². The Morgan fingerprint density at radius 1 is 0.958 bits per heavy atom. The van der Waals surface area contributed by atoms with Gasteiger partial charge < -0.3 is 4.84 Å². The van der Waals surface area contributed by atoms with Gasteiger partial charge in [-0.2, -0.15) is 0 Å². The second kappa shape index (κ2) is 7.08. The molecule has 2 aromatic rings. The number of carbonyl (C=O) groups is 2. The van der Waals surface area contributed by atoms with E-state index in [0.29, 0.717) is 30.7 Å². The zero-order chi connectivity index (χ0) is 16.9. The van der Waals surface area contributed by atoms with Crippen LogP contribution in [0.5, 0.6) is 0 Å². The quantitative estimate of drug-likeness (QED) is 0.466. The van der Waals surface area contributed by atoms with Crippen molar-refractivity contribution >= 4 is 17.5 Å². The van der Waals surface area contributed by atoms with Crippen LogP contribution in [0, 0.1) is 0 Å². The molecular weight excluding hydrogens is 304 g/mol. The molecule has 5 heteroatoms. The molecule has 1 aliphatic rings. The standard InChI is InChI=1S/C19H18N2O3/c1-14(20-24-13-15-7-3-2-4-8-15)11-12-21-18(22)16-9-5-6-10-17(16)19(21)23/h2-10H,11-13H2,1H3/b20-14+. The van der Waals surface area contributed by atoms with Crippen molar-refractivity contribution in [3.63, 3.8) is 0 Å². The van der Waals surface area contributed by atoms with Crippen molar-refractivity contribution < 1.29 is 14.4 Å². The first-order valence-corrected chi connectivity index (χ1v) is 7.81. The van der Waals surface area contributed by atoms with Crippen LogP contribution in [0.25, 0.3) is 0 Å². The van der Waals surface area contributed by atoms with Crippen LogP contribution < -0.4 is 0 Å². The summed E-state index contributed by atoms with van der Waals surface area (Å²) in [5.74, 6) is -0.484. The summed E-state index contributed by atoms with van der Waals surface area (Å²) in [6.07, 6.45) is 0.486. The summed E-state index contributed by atoms with van der Waals surface area (Å²) in [6.45, 7) is 2.52. The van der Waals surface area contributed by atoms with E-state index in [1.54, 1.807) is 24.3 Å². The Kier molecular flexibility index (Phi) is 4.70. The third-order valence-electron chi connectivity index (χ3n) is 3.87. The molecule has 2 aromatic carbocycles. The van der Waals surface area contributed by atoms with E-state index in [9.17, 15) is 9.59 Å². The van der Waals surface area contributed by atoms with E-state index in [1.807, 2.05) is 37.3 Å². The monoisotopic (exact) mass is 322 g/mol. The van der Waals surface area contributed by atoms with Gasteiger partial charge in [0.1, 0.15) is 6.61 Å². The molecular formula is C19H18N2O3. The number of fused-ring (bicyclic) bond motifs is 1. The molecule has 0 aliphatic carbocycles. The van der Waals surface area contributed by atoms with E-state index in [4.69, 9.17) is 4.84 Å². The first-order chi connectivity index (χ1) is 11.7. The first-order valence-electron chi connectivity index (χ1n) is 7.81. The van der Waals surface area contributed by atoms with Gasteiger partial charge in [0.2, 0.25) is 0 Å². The summed E-state index contributed by atoms with van der Waals surface area (Å²) in [4.78, 5) is 31.1. The first kappa shape index (κ1) is 15.9. The van der Waals surface area contributed by atoms with Gasteiger partial charge in [0.05, 0.1) is 16.8 Å². The maximum atomic E-state index is 12.3. The van der Waals surface area contributed by atoms with E-state index >= 15 is 0 Å². The molecule has 0 unspecified atom stereocenters. The molecule has 3 rings (SSSR count). The van der Waals surface area contributed by atoms with Crippen LogP contribution in [0.3, 0.4) is 0 Å². The fraction of sp³-hybridized carbons (Fsp3) is 0.211. The van der Waals surface area contributed by atoms with Crippen molar-refractivity contribution in [1.29, 1.82) is 0 Å². The van der Waals surface area contributed by atoms with Gasteiger partial charge in [-0.15, -0.1) is 0 Å². The fourth-order valence-corrected chi connectivity index (χ4v) is 2.55. The van der Waals surface area contributed by atoms with Crippen LogP contribution >= 0.6 is 0 Å². The fourth-order valence-electron chi connectivity index (χ4n) is 2.55. The highest BCUT2D eigenvalue weighted by atomic mass is 16.6. The normalized spacial score (nSPS) is 14.0. The molecule has 0 bridgehead atoms. The van der Waals surface area contributed by atoms with Gasteiger partial charge in [-0.25, -0.2) is 0 Å². The Labute approximate surface area is 140 Å². The van der Waals surface area contributed by atoms with Crippen molar-refractivity contribution in [2.75, 3.05) is 6.54 Å². The van der Waals surface area contributed by atoms with Crippen LogP contribution in [0.1, 0.15) is 39.6 Å². The number of amides is 2. The number of imide groups is 1. The van der Waals surface area contributed by atoms with Crippen molar-refractivity contribution in [2.45, 2.75) is 20.0 Å². The van der Waals surface area contributed by atoms with E-state index in [1.165, 1.54) is 4.90 Å². The van der Waals surface area contributed by atoms with Crippen LogP contribution in [0.2, 0.25) is 0 Å². The average Bonchev–Trinajstić information content (AvgIpc) is 2.85. The molecule has 24 heavy (non-hydrogen) atoms. The van der Waals surface area contributed by atoms with E-state index in [2.05, 4.69) is 5.16 Å². The zero-order valence-electron chi connectivity index (χ0n) is 13.4. The summed E-state index contributed by atoms with van der Waals surface area (Å²) >= 11 is 0. The number of benzene rings is 2. The highest BCUT2D eigenvalue weighted by Crippen LogP contribution is 2.22. The van der Waals surface area contributed by atoms with Gasteiger partial charge in [0.15, 0.2) is 0 Å². The second-order valence-electron chi connectivity index (χ2n) is 5.64. The Bertz CT molecular complexity index is 749. The van der Waals surface area contributed by atoms with Crippen molar-refractivity contribution in [3.05, 3.63) is 71.3 Å². The highest BCUT2D eigenvalue weighted by molar-refractivity contribution is 6.21. The van der Waals surface area contributed by atoms with Crippen LogP contribution in [0.4, 0.5) is 0 Å². The number of rotatable bonds is 6. The molecule has 0 saturated heterocycles. The number of oxime groups is 1. The lowest BCUT2D eigenvalue weighted by atomic mass is 10.1. The third-order valence-corrected chi connectivity index (χ3v) is 3.87. The topological polar surface area (TPSA) is 59.0 Å². The van der Waals surface area contributed by atoms with Gasteiger partial charge >= 0.3 is 0 Å². The lowest BCUT2D eigenvalue weighted by Gasteiger charge is -2.13. The molecule has 0 atom stereocenters. The number of nitrogens with zero attached hydrogens (tertiary/aromatic N) is 2. The zero-order valence-corrected chi connectivity index (χ0v) is 13.4. The highest BCUT2D eigenvalue weighted by Gasteiger charge is 2.34. The minimum absolute atomic E-state index is 0.242. The van der Waals surface area contributed by atoms with Gasteiger partial charge in [0.25, 0.3) is 11.8 Å². The Balaban J connectivity index is 1.53. The predicted octanol–water partition coefficient (Wildman–Crippen LogP) is 3.27. The van der Waals surface area contributed by atoms with E-state index in [0.717, 1.165) is 11.3 Å².